The number of rotatable bonds is 10. The molecule has 2 unspecified atom stereocenters. The fourth-order valence-corrected chi connectivity index (χ4v) is 8.75. The normalized spacial score (nSPS) is 13.9. The van der Waals surface area contributed by atoms with Crippen molar-refractivity contribution in [1.82, 2.24) is 0 Å². The lowest BCUT2D eigenvalue weighted by atomic mass is 9.81. The minimum absolute atomic E-state index is 0.0546. The number of ether oxygens (including phenoxy) is 1. The molecule has 0 amide bonds. The van der Waals surface area contributed by atoms with Gasteiger partial charge in [0.1, 0.15) is 12.4 Å². The maximum absolute atomic E-state index is 6.73. The molecule has 3 aromatic rings. The summed E-state index contributed by atoms with van der Waals surface area (Å²) in [5, 5.41) is 3.20. The molecule has 3 rings (SSSR count). The van der Waals surface area contributed by atoms with Crippen LogP contribution in [0.2, 0.25) is 0 Å². The number of aryl methyl sites for hydroxylation is 2. The fourth-order valence-electron chi connectivity index (χ4n) is 5.06. The highest BCUT2D eigenvalue weighted by Crippen LogP contribution is 2.53. The zero-order valence-corrected chi connectivity index (χ0v) is 25.9. The Bertz CT molecular complexity index is 1140. The van der Waals surface area contributed by atoms with Crippen molar-refractivity contribution < 1.29 is 4.74 Å². The van der Waals surface area contributed by atoms with Gasteiger partial charge in [-0.2, -0.15) is 0 Å². The third-order valence-corrected chi connectivity index (χ3v) is 11.1. The summed E-state index contributed by atoms with van der Waals surface area (Å²) in [5.74, 6) is 1.10. The second-order valence-electron chi connectivity index (χ2n) is 11.4. The summed E-state index contributed by atoms with van der Waals surface area (Å²) in [5.41, 5.74) is 6.81. The lowest BCUT2D eigenvalue weighted by molar-refractivity contribution is 0.295. The van der Waals surface area contributed by atoms with Gasteiger partial charge in [0.2, 0.25) is 0 Å². The van der Waals surface area contributed by atoms with Crippen molar-refractivity contribution in [2.75, 3.05) is 13.3 Å². The molecule has 2 atom stereocenters. The van der Waals surface area contributed by atoms with Crippen LogP contribution in [0.15, 0.2) is 60.7 Å². The number of hydrogen-bond donors (Lipinski definition) is 0. The quantitative estimate of drug-likeness (QED) is 0.242. The van der Waals surface area contributed by atoms with Gasteiger partial charge in [-0.05, 0) is 78.3 Å². The van der Waals surface area contributed by atoms with Crippen LogP contribution >= 0.6 is 16.5 Å². The minimum Gasteiger partial charge on any atom is -0.488 e. The summed E-state index contributed by atoms with van der Waals surface area (Å²) in [7, 11) is 0.552. The highest BCUT2D eigenvalue weighted by molar-refractivity contribution is 7.66. The molecule has 3 heteroatoms. The van der Waals surface area contributed by atoms with Crippen molar-refractivity contribution in [1.29, 1.82) is 0 Å². The van der Waals surface area contributed by atoms with Crippen LogP contribution in [0.1, 0.15) is 81.7 Å². The smallest absolute Gasteiger partial charge is 0.126 e. The summed E-state index contributed by atoms with van der Waals surface area (Å²) < 4.78 is 6.73. The molecule has 0 aromatic heterocycles. The molecule has 0 aliphatic heterocycles. The van der Waals surface area contributed by atoms with E-state index in [0.29, 0.717) is 6.61 Å². The van der Waals surface area contributed by atoms with Crippen LogP contribution < -0.4 is 15.3 Å². The van der Waals surface area contributed by atoms with Crippen molar-refractivity contribution in [2.45, 2.75) is 84.9 Å². The average Bonchev–Trinajstić information content (AvgIpc) is 2.83. The van der Waals surface area contributed by atoms with Crippen LogP contribution in [-0.2, 0) is 17.2 Å². The third-order valence-electron chi connectivity index (χ3n) is 7.26. The van der Waals surface area contributed by atoms with E-state index in [0.717, 1.165) is 33.6 Å². The first-order chi connectivity index (χ1) is 17.0. The Hall–Kier alpha value is -1.68. The van der Waals surface area contributed by atoms with Crippen molar-refractivity contribution in [3.63, 3.8) is 0 Å². The monoisotopic (exact) mass is 520 g/mol. The number of benzene rings is 3. The molecule has 0 heterocycles. The first-order valence-electron chi connectivity index (χ1n) is 13.4. The molecule has 3 aromatic carbocycles. The average molecular weight is 521 g/mol. The van der Waals surface area contributed by atoms with E-state index in [4.69, 9.17) is 4.74 Å². The van der Waals surface area contributed by atoms with Crippen molar-refractivity contribution >= 4 is 27.1 Å². The standard InChI is InChI=1S/C33H46OP2/c1-10-20-33(11-2,35-31-24(3)16-15-19-29(31)36(8)9)28-22-27(32(5,6)7)21-25(4)30(28)34-23-26-17-13-12-14-18-26/h12-19,21-22,35H,10-11,20,23H2,1-9H3. The zero-order valence-electron chi connectivity index (χ0n) is 24.0. The molecule has 0 radical (unpaired) electrons. The largest absolute Gasteiger partial charge is 0.488 e. The van der Waals surface area contributed by atoms with E-state index in [2.05, 4.69) is 122 Å². The maximum Gasteiger partial charge on any atom is 0.126 e. The van der Waals surface area contributed by atoms with Gasteiger partial charge in [-0.15, -0.1) is 0 Å². The highest BCUT2D eigenvalue weighted by atomic mass is 31.1. The summed E-state index contributed by atoms with van der Waals surface area (Å²) in [4.78, 5) is 0. The van der Waals surface area contributed by atoms with Crippen LogP contribution in [-0.4, -0.2) is 13.3 Å². The minimum atomic E-state index is -0.169. The van der Waals surface area contributed by atoms with Gasteiger partial charge in [-0.3, -0.25) is 0 Å². The predicted octanol–water partition coefficient (Wildman–Crippen LogP) is 8.96. The lowest BCUT2D eigenvalue weighted by Crippen LogP contribution is -2.30. The van der Waals surface area contributed by atoms with E-state index < -0.39 is 0 Å². The second kappa shape index (κ2) is 12.2. The van der Waals surface area contributed by atoms with Crippen LogP contribution in [0.25, 0.3) is 0 Å². The zero-order chi connectivity index (χ0) is 26.5. The highest BCUT2D eigenvalue weighted by Gasteiger charge is 2.36. The molecule has 0 saturated heterocycles. The maximum atomic E-state index is 6.73. The molecule has 0 aliphatic carbocycles. The van der Waals surface area contributed by atoms with Gasteiger partial charge in [0.15, 0.2) is 0 Å². The second-order valence-corrected chi connectivity index (χ2v) is 15.3. The van der Waals surface area contributed by atoms with Gasteiger partial charge in [0, 0.05) is 10.7 Å². The summed E-state index contributed by atoms with van der Waals surface area (Å²) in [6.07, 6.45) is 3.43. The van der Waals surface area contributed by atoms with E-state index in [-0.39, 0.29) is 18.5 Å². The van der Waals surface area contributed by atoms with Crippen LogP contribution in [0.3, 0.4) is 0 Å². The first kappa shape index (κ1) is 28.9. The van der Waals surface area contributed by atoms with Gasteiger partial charge in [0.05, 0.1) is 0 Å². The molecule has 0 spiro atoms. The van der Waals surface area contributed by atoms with Crippen LogP contribution in [0.5, 0.6) is 5.75 Å². The summed E-state index contributed by atoms with van der Waals surface area (Å²) in [6, 6.07) is 22.3. The molecular weight excluding hydrogens is 474 g/mol. The molecule has 194 valence electrons. The summed E-state index contributed by atoms with van der Waals surface area (Å²) >= 11 is 0. The molecular formula is C33H46OP2. The molecule has 0 fully saturated rings. The van der Waals surface area contributed by atoms with Crippen LogP contribution in [0, 0.1) is 13.8 Å². The van der Waals surface area contributed by atoms with Crippen LogP contribution in [0.4, 0.5) is 0 Å². The van der Waals surface area contributed by atoms with Gasteiger partial charge in [0.25, 0.3) is 0 Å². The lowest BCUT2D eigenvalue weighted by Gasteiger charge is -2.38. The Kier molecular flexibility index (Phi) is 9.82. The Balaban J connectivity index is 2.22. The topological polar surface area (TPSA) is 9.23 Å². The summed E-state index contributed by atoms with van der Waals surface area (Å²) in [6.45, 7) is 21.6. The van der Waals surface area contributed by atoms with Gasteiger partial charge in [-0.1, -0.05) is 118 Å². The molecule has 0 saturated carbocycles. The third kappa shape index (κ3) is 6.60. The van der Waals surface area contributed by atoms with E-state index in [9.17, 15) is 0 Å². The Morgan fingerprint density at radius 2 is 1.56 bits per heavy atom. The Morgan fingerprint density at radius 1 is 0.861 bits per heavy atom. The van der Waals surface area contributed by atoms with Crippen molar-refractivity contribution in [2.24, 2.45) is 0 Å². The first-order valence-corrected chi connectivity index (χ1v) is 16.6. The van der Waals surface area contributed by atoms with E-state index in [1.165, 1.54) is 27.8 Å². The number of hydrogen-bond acceptors (Lipinski definition) is 1. The van der Waals surface area contributed by atoms with E-state index in [1.54, 1.807) is 10.6 Å². The van der Waals surface area contributed by atoms with E-state index in [1.807, 2.05) is 0 Å². The van der Waals surface area contributed by atoms with Gasteiger partial charge in [-0.25, -0.2) is 0 Å². The van der Waals surface area contributed by atoms with Gasteiger partial charge >= 0.3 is 0 Å². The Labute approximate surface area is 224 Å². The Morgan fingerprint density at radius 3 is 2.14 bits per heavy atom. The molecule has 1 nitrogen and oxygen atoms in total. The van der Waals surface area contributed by atoms with E-state index >= 15 is 0 Å². The fraction of sp³-hybridized carbons (Fsp3) is 0.455. The molecule has 0 bridgehead atoms. The van der Waals surface area contributed by atoms with Crippen molar-refractivity contribution in [3.05, 3.63) is 88.5 Å². The van der Waals surface area contributed by atoms with Gasteiger partial charge < -0.3 is 4.74 Å². The van der Waals surface area contributed by atoms with Crippen molar-refractivity contribution in [3.8, 4) is 5.75 Å². The molecule has 36 heavy (non-hydrogen) atoms. The SMILES string of the molecule is CCCC(CC)(Pc1c(C)cccc1P(C)C)c1cc(C(C)(C)C)cc(C)c1OCc1ccccc1. The molecule has 0 N–H and O–H groups in total. The predicted molar refractivity (Wildman–Crippen MR) is 165 cm³/mol. The molecule has 0 aliphatic rings.